The van der Waals surface area contributed by atoms with E-state index in [4.69, 9.17) is 5.73 Å². The SMILES string of the molecule is Nc1cccc(N2CCC3(CCCC3)CC2)n1. The van der Waals surface area contributed by atoms with Crippen LogP contribution in [0.25, 0.3) is 0 Å². The van der Waals surface area contributed by atoms with Crippen LogP contribution in [-0.4, -0.2) is 18.1 Å². The largest absolute Gasteiger partial charge is 0.384 e. The molecule has 1 aliphatic heterocycles. The number of anilines is 2. The predicted octanol–water partition coefficient (Wildman–Crippen LogP) is 2.82. The molecule has 0 bridgehead atoms. The Hall–Kier alpha value is -1.25. The first kappa shape index (κ1) is 10.9. The fourth-order valence-electron chi connectivity index (χ4n) is 3.45. The zero-order valence-corrected chi connectivity index (χ0v) is 10.4. The molecule has 92 valence electrons. The number of nitrogen functional groups attached to an aromatic ring is 1. The molecular weight excluding hydrogens is 210 g/mol. The normalized spacial score (nSPS) is 23.2. The van der Waals surface area contributed by atoms with Gasteiger partial charge in [0, 0.05) is 13.1 Å². The summed E-state index contributed by atoms with van der Waals surface area (Å²) in [5, 5.41) is 0. The molecule has 0 aromatic carbocycles. The lowest BCUT2D eigenvalue weighted by molar-refractivity contribution is 0.226. The Morgan fingerprint density at radius 1 is 1.06 bits per heavy atom. The van der Waals surface area contributed by atoms with Crippen molar-refractivity contribution in [2.75, 3.05) is 23.7 Å². The second kappa shape index (κ2) is 4.21. The molecule has 2 heterocycles. The van der Waals surface area contributed by atoms with E-state index in [1.54, 1.807) is 0 Å². The molecule has 0 unspecified atom stereocenters. The van der Waals surface area contributed by atoms with Crippen molar-refractivity contribution in [2.45, 2.75) is 38.5 Å². The Bertz CT molecular complexity index is 386. The first-order valence-corrected chi connectivity index (χ1v) is 6.75. The second-order valence-corrected chi connectivity index (χ2v) is 5.61. The van der Waals surface area contributed by atoms with E-state index < -0.39 is 0 Å². The summed E-state index contributed by atoms with van der Waals surface area (Å²) in [6.07, 6.45) is 8.45. The van der Waals surface area contributed by atoms with Crippen LogP contribution in [-0.2, 0) is 0 Å². The van der Waals surface area contributed by atoms with Crippen molar-refractivity contribution in [3.63, 3.8) is 0 Å². The van der Waals surface area contributed by atoms with Gasteiger partial charge in [-0.1, -0.05) is 18.9 Å². The molecule has 1 aromatic heterocycles. The van der Waals surface area contributed by atoms with Crippen LogP contribution in [0.5, 0.6) is 0 Å². The monoisotopic (exact) mass is 231 g/mol. The molecular formula is C14H21N3. The summed E-state index contributed by atoms with van der Waals surface area (Å²) in [5.74, 6) is 1.68. The number of hydrogen-bond acceptors (Lipinski definition) is 3. The zero-order chi connectivity index (χ0) is 11.7. The van der Waals surface area contributed by atoms with Gasteiger partial charge in [-0.3, -0.25) is 0 Å². The maximum Gasteiger partial charge on any atom is 0.130 e. The minimum Gasteiger partial charge on any atom is -0.384 e. The van der Waals surface area contributed by atoms with Crippen molar-refractivity contribution in [3.05, 3.63) is 18.2 Å². The minimum atomic E-state index is 0.628. The summed E-state index contributed by atoms with van der Waals surface area (Å²) >= 11 is 0. The first-order chi connectivity index (χ1) is 8.27. The molecule has 2 fully saturated rings. The maximum absolute atomic E-state index is 5.74. The molecule has 1 saturated carbocycles. The lowest BCUT2D eigenvalue weighted by Gasteiger charge is -2.40. The lowest BCUT2D eigenvalue weighted by Crippen LogP contribution is -2.39. The van der Waals surface area contributed by atoms with Gasteiger partial charge < -0.3 is 10.6 Å². The first-order valence-electron chi connectivity index (χ1n) is 6.75. The summed E-state index contributed by atoms with van der Waals surface area (Å²) in [6, 6.07) is 5.92. The van der Waals surface area contributed by atoms with Crippen LogP contribution in [0.4, 0.5) is 11.6 Å². The van der Waals surface area contributed by atoms with Gasteiger partial charge in [0.25, 0.3) is 0 Å². The highest BCUT2D eigenvalue weighted by molar-refractivity contribution is 5.45. The average molecular weight is 231 g/mol. The van der Waals surface area contributed by atoms with Crippen molar-refractivity contribution in [3.8, 4) is 0 Å². The van der Waals surface area contributed by atoms with E-state index in [0.717, 1.165) is 18.9 Å². The molecule has 0 radical (unpaired) electrons. The average Bonchev–Trinajstić information content (AvgIpc) is 2.79. The number of rotatable bonds is 1. The molecule has 2 N–H and O–H groups in total. The zero-order valence-electron chi connectivity index (χ0n) is 10.4. The predicted molar refractivity (Wildman–Crippen MR) is 71.0 cm³/mol. The highest BCUT2D eigenvalue weighted by atomic mass is 15.2. The quantitative estimate of drug-likeness (QED) is 0.808. The van der Waals surface area contributed by atoms with Gasteiger partial charge in [-0.15, -0.1) is 0 Å². The Morgan fingerprint density at radius 2 is 1.76 bits per heavy atom. The molecule has 1 aromatic rings. The van der Waals surface area contributed by atoms with Crippen LogP contribution in [0.1, 0.15) is 38.5 Å². The third-order valence-corrected chi connectivity index (χ3v) is 4.57. The molecule has 2 aliphatic rings. The van der Waals surface area contributed by atoms with Gasteiger partial charge in [-0.25, -0.2) is 4.98 Å². The fraction of sp³-hybridized carbons (Fsp3) is 0.643. The van der Waals surface area contributed by atoms with Gasteiger partial charge in [0.1, 0.15) is 11.6 Å². The molecule has 17 heavy (non-hydrogen) atoms. The third-order valence-electron chi connectivity index (χ3n) is 4.57. The highest BCUT2D eigenvalue weighted by Crippen LogP contribution is 2.46. The van der Waals surface area contributed by atoms with Gasteiger partial charge in [-0.2, -0.15) is 0 Å². The maximum atomic E-state index is 5.74. The van der Waals surface area contributed by atoms with Gasteiger partial charge in [-0.05, 0) is 43.2 Å². The van der Waals surface area contributed by atoms with E-state index in [1.165, 1.54) is 38.5 Å². The highest BCUT2D eigenvalue weighted by Gasteiger charge is 2.37. The molecule has 3 nitrogen and oxygen atoms in total. The van der Waals surface area contributed by atoms with E-state index >= 15 is 0 Å². The van der Waals surface area contributed by atoms with Crippen LogP contribution < -0.4 is 10.6 Å². The molecule has 3 rings (SSSR count). The number of nitrogens with zero attached hydrogens (tertiary/aromatic N) is 2. The lowest BCUT2D eigenvalue weighted by atomic mass is 9.77. The van der Waals surface area contributed by atoms with Crippen molar-refractivity contribution >= 4 is 11.6 Å². The Morgan fingerprint density at radius 3 is 2.41 bits per heavy atom. The molecule has 1 aliphatic carbocycles. The summed E-state index contributed by atoms with van der Waals surface area (Å²) < 4.78 is 0. The second-order valence-electron chi connectivity index (χ2n) is 5.61. The van der Waals surface area contributed by atoms with Crippen LogP contribution in [0.3, 0.4) is 0 Å². The molecule has 1 spiro atoms. The van der Waals surface area contributed by atoms with E-state index in [1.807, 2.05) is 12.1 Å². The van der Waals surface area contributed by atoms with Crippen molar-refractivity contribution in [1.29, 1.82) is 0 Å². The van der Waals surface area contributed by atoms with Gasteiger partial charge >= 0.3 is 0 Å². The summed E-state index contributed by atoms with van der Waals surface area (Å²) in [7, 11) is 0. The fourth-order valence-corrected chi connectivity index (χ4v) is 3.45. The van der Waals surface area contributed by atoms with Gasteiger partial charge in [0.15, 0.2) is 0 Å². The third kappa shape index (κ3) is 2.11. The van der Waals surface area contributed by atoms with E-state index in [2.05, 4.69) is 16.0 Å². The Kier molecular flexibility index (Phi) is 2.69. The Balaban J connectivity index is 1.68. The van der Waals surface area contributed by atoms with Crippen LogP contribution in [0.15, 0.2) is 18.2 Å². The van der Waals surface area contributed by atoms with Gasteiger partial charge in [0.05, 0.1) is 0 Å². The number of nitrogens with two attached hydrogens (primary N) is 1. The number of aromatic nitrogens is 1. The van der Waals surface area contributed by atoms with Crippen LogP contribution >= 0.6 is 0 Å². The number of hydrogen-bond donors (Lipinski definition) is 1. The van der Waals surface area contributed by atoms with E-state index in [-0.39, 0.29) is 0 Å². The van der Waals surface area contributed by atoms with Crippen molar-refractivity contribution in [2.24, 2.45) is 5.41 Å². The van der Waals surface area contributed by atoms with Crippen LogP contribution in [0.2, 0.25) is 0 Å². The molecule has 0 atom stereocenters. The Labute approximate surface area is 103 Å². The molecule has 0 amide bonds. The minimum absolute atomic E-state index is 0.628. The smallest absolute Gasteiger partial charge is 0.130 e. The number of piperidine rings is 1. The van der Waals surface area contributed by atoms with Crippen molar-refractivity contribution < 1.29 is 0 Å². The summed E-state index contributed by atoms with van der Waals surface area (Å²) in [6.45, 7) is 2.30. The van der Waals surface area contributed by atoms with E-state index in [9.17, 15) is 0 Å². The van der Waals surface area contributed by atoms with Crippen LogP contribution in [0, 0.1) is 5.41 Å². The molecule has 3 heteroatoms. The van der Waals surface area contributed by atoms with Crippen molar-refractivity contribution in [1.82, 2.24) is 4.98 Å². The summed E-state index contributed by atoms with van der Waals surface area (Å²) in [5.41, 5.74) is 6.42. The summed E-state index contributed by atoms with van der Waals surface area (Å²) in [4.78, 5) is 6.80. The molecule has 1 saturated heterocycles. The van der Waals surface area contributed by atoms with Gasteiger partial charge in [0.2, 0.25) is 0 Å². The number of pyridine rings is 1. The standard InChI is InChI=1S/C14H21N3/c15-12-4-3-5-13(16-12)17-10-8-14(9-11-17)6-1-2-7-14/h3-5H,1-2,6-11H2,(H2,15,16). The topological polar surface area (TPSA) is 42.1 Å². The van der Waals surface area contributed by atoms with E-state index in [0.29, 0.717) is 11.2 Å².